The highest BCUT2D eigenvalue weighted by atomic mass is 32.1. The highest BCUT2D eigenvalue weighted by molar-refractivity contribution is 7.10. The van der Waals surface area contributed by atoms with E-state index in [1.165, 1.54) is 11.1 Å². The van der Waals surface area contributed by atoms with E-state index < -0.39 is 0 Å². The summed E-state index contributed by atoms with van der Waals surface area (Å²) in [7, 11) is 0. The second-order valence-electron chi connectivity index (χ2n) is 4.94. The Bertz CT molecular complexity index is 780. The molecule has 1 atom stereocenters. The molecule has 0 spiro atoms. The maximum Gasteiger partial charge on any atom is 0.207 e. The van der Waals surface area contributed by atoms with Crippen LogP contribution in [0.4, 0.5) is 0 Å². The minimum Gasteiger partial charge on any atom is -0.308 e. The Morgan fingerprint density at radius 1 is 1.29 bits per heavy atom. The summed E-state index contributed by atoms with van der Waals surface area (Å²) in [6.07, 6.45) is 1.39. The van der Waals surface area contributed by atoms with Crippen molar-refractivity contribution in [3.8, 4) is 0 Å². The van der Waals surface area contributed by atoms with Gasteiger partial charge in [-0.3, -0.25) is 9.48 Å². The average molecular weight is 299 g/mol. The third-order valence-corrected chi connectivity index (χ3v) is 4.56. The second-order valence-corrected chi connectivity index (χ2v) is 5.92. The Morgan fingerprint density at radius 2 is 2.14 bits per heavy atom. The number of para-hydroxylation sites is 1. The first kappa shape index (κ1) is 14.0. The number of hydrogen-bond donors (Lipinski definition) is 1. The monoisotopic (exact) mass is 299 g/mol. The Balaban J connectivity index is 1.71. The van der Waals surface area contributed by atoms with Gasteiger partial charge in [-0.2, -0.15) is 5.10 Å². The maximum atomic E-state index is 11.8. The van der Waals surface area contributed by atoms with Gasteiger partial charge in [0.1, 0.15) is 0 Å². The lowest BCUT2D eigenvalue weighted by Gasteiger charge is -2.14. The first-order valence-electron chi connectivity index (χ1n) is 6.97. The number of benzene rings is 1. The van der Waals surface area contributed by atoms with E-state index in [9.17, 15) is 4.79 Å². The van der Waals surface area contributed by atoms with Gasteiger partial charge in [-0.05, 0) is 30.5 Å². The third kappa shape index (κ3) is 3.04. The molecule has 0 aliphatic heterocycles. The number of hydrogen-bond acceptors (Lipinski definition) is 4. The maximum absolute atomic E-state index is 11.8. The molecule has 5 heteroatoms. The van der Waals surface area contributed by atoms with Crippen molar-refractivity contribution in [2.24, 2.45) is 0 Å². The van der Waals surface area contributed by atoms with Crippen LogP contribution < -0.4 is 10.7 Å². The largest absolute Gasteiger partial charge is 0.308 e. The van der Waals surface area contributed by atoms with Gasteiger partial charge in [0.15, 0.2) is 0 Å². The van der Waals surface area contributed by atoms with Crippen LogP contribution in [0, 0.1) is 0 Å². The molecule has 2 heterocycles. The van der Waals surface area contributed by atoms with E-state index >= 15 is 0 Å². The van der Waals surface area contributed by atoms with Crippen molar-refractivity contribution < 1.29 is 0 Å². The zero-order valence-electron chi connectivity index (χ0n) is 11.8. The van der Waals surface area contributed by atoms with E-state index in [0.29, 0.717) is 6.04 Å². The molecule has 0 amide bonds. The van der Waals surface area contributed by atoms with Gasteiger partial charge in [-0.25, -0.2) is 0 Å². The molecular formula is C16H17N3OS. The van der Waals surface area contributed by atoms with Crippen molar-refractivity contribution in [2.75, 3.05) is 6.54 Å². The summed E-state index contributed by atoms with van der Waals surface area (Å²) < 4.78 is 1.88. The van der Waals surface area contributed by atoms with Crippen LogP contribution in [0.1, 0.15) is 17.8 Å². The van der Waals surface area contributed by atoms with Crippen LogP contribution in [-0.4, -0.2) is 16.3 Å². The molecule has 2 aromatic heterocycles. The van der Waals surface area contributed by atoms with Gasteiger partial charge in [0.05, 0.1) is 18.3 Å². The molecule has 0 bridgehead atoms. The summed E-state index contributed by atoms with van der Waals surface area (Å²) in [5.41, 5.74) is 0.859. The van der Waals surface area contributed by atoms with Crippen molar-refractivity contribution in [1.82, 2.24) is 15.1 Å². The lowest BCUT2D eigenvalue weighted by molar-refractivity contribution is 0.515. The van der Waals surface area contributed by atoms with Gasteiger partial charge in [0, 0.05) is 22.8 Å². The molecule has 0 fully saturated rings. The Kier molecular flexibility index (Phi) is 4.13. The van der Waals surface area contributed by atoms with Crippen LogP contribution in [0.25, 0.3) is 10.9 Å². The van der Waals surface area contributed by atoms with Crippen LogP contribution >= 0.6 is 11.3 Å². The van der Waals surface area contributed by atoms with E-state index in [1.54, 1.807) is 11.3 Å². The van der Waals surface area contributed by atoms with Gasteiger partial charge < -0.3 is 5.32 Å². The van der Waals surface area contributed by atoms with E-state index in [-0.39, 0.29) is 5.43 Å². The van der Waals surface area contributed by atoms with Gasteiger partial charge in [-0.1, -0.05) is 18.2 Å². The number of nitrogens with one attached hydrogen (secondary N) is 1. The number of thiophene rings is 1. The van der Waals surface area contributed by atoms with E-state index in [2.05, 4.69) is 34.9 Å². The highest BCUT2D eigenvalue weighted by Crippen LogP contribution is 2.17. The predicted molar refractivity (Wildman–Crippen MR) is 86.7 cm³/mol. The van der Waals surface area contributed by atoms with Crippen LogP contribution in [-0.2, 0) is 6.54 Å². The molecule has 21 heavy (non-hydrogen) atoms. The lowest BCUT2D eigenvalue weighted by Crippen LogP contribution is -2.24. The highest BCUT2D eigenvalue weighted by Gasteiger charge is 2.06. The topological polar surface area (TPSA) is 46.9 Å². The summed E-state index contributed by atoms with van der Waals surface area (Å²) >= 11 is 1.76. The fourth-order valence-electron chi connectivity index (χ4n) is 2.36. The predicted octanol–water partition coefficient (Wildman–Crippen LogP) is 2.81. The molecule has 0 aliphatic rings. The molecule has 0 aliphatic carbocycles. The van der Waals surface area contributed by atoms with Crippen molar-refractivity contribution in [3.63, 3.8) is 0 Å². The van der Waals surface area contributed by atoms with E-state index in [0.717, 1.165) is 24.0 Å². The molecule has 0 radical (unpaired) electrons. The molecule has 4 nitrogen and oxygen atoms in total. The fourth-order valence-corrected chi connectivity index (χ4v) is 3.12. The van der Waals surface area contributed by atoms with Crippen molar-refractivity contribution in [3.05, 3.63) is 63.1 Å². The summed E-state index contributed by atoms with van der Waals surface area (Å²) in [6.45, 7) is 3.69. The minimum absolute atomic E-state index is 0.0261. The van der Waals surface area contributed by atoms with Crippen LogP contribution in [0.5, 0.6) is 0 Å². The van der Waals surface area contributed by atoms with Gasteiger partial charge in [0.25, 0.3) is 0 Å². The normalized spacial score (nSPS) is 12.6. The molecule has 108 valence electrons. The second kappa shape index (κ2) is 6.20. The average Bonchev–Trinajstić information content (AvgIpc) is 3.04. The first-order chi connectivity index (χ1) is 10.3. The summed E-state index contributed by atoms with van der Waals surface area (Å²) in [4.78, 5) is 13.1. The van der Waals surface area contributed by atoms with Gasteiger partial charge in [0.2, 0.25) is 5.43 Å². The molecule has 3 aromatic rings. The SMILES string of the molecule is CC(NCCn1ncc(=O)c2ccccc21)c1cccs1. The molecule has 1 N–H and O–H groups in total. The number of rotatable bonds is 5. The Labute approximate surface area is 127 Å². The third-order valence-electron chi connectivity index (χ3n) is 3.51. The molecule has 1 unspecified atom stereocenters. The standard InChI is InChI=1S/C16H17N3OS/c1-12(16-7-4-10-21-16)17-8-9-19-14-6-3-2-5-13(14)15(20)11-18-19/h2-7,10-12,17H,8-9H2,1H3. The van der Waals surface area contributed by atoms with Crippen LogP contribution in [0.15, 0.2) is 52.8 Å². The number of fused-ring (bicyclic) bond motifs is 1. The number of aromatic nitrogens is 2. The summed E-state index contributed by atoms with van der Waals surface area (Å²) in [5, 5.41) is 10.5. The van der Waals surface area contributed by atoms with Crippen LogP contribution in [0.2, 0.25) is 0 Å². The molecule has 0 saturated heterocycles. The first-order valence-corrected chi connectivity index (χ1v) is 7.85. The Hall–Kier alpha value is -1.98. The quantitative estimate of drug-likeness (QED) is 0.788. The van der Waals surface area contributed by atoms with E-state index in [1.807, 2.05) is 28.9 Å². The number of nitrogens with zero attached hydrogens (tertiary/aromatic N) is 2. The van der Waals surface area contributed by atoms with Crippen molar-refractivity contribution >= 4 is 22.2 Å². The molecule has 3 rings (SSSR count). The molecular weight excluding hydrogens is 282 g/mol. The van der Waals surface area contributed by atoms with Gasteiger partial charge in [-0.15, -0.1) is 11.3 Å². The zero-order chi connectivity index (χ0) is 14.7. The summed E-state index contributed by atoms with van der Waals surface area (Å²) in [6, 6.07) is 12.1. The van der Waals surface area contributed by atoms with Crippen LogP contribution in [0.3, 0.4) is 0 Å². The van der Waals surface area contributed by atoms with Crippen molar-refractivity contribution in [1.29, 1.82) is 0 Å². The minimum atomic E-state index is -0.0261. The van der Waals surface area contributed by atoms with Gasteiger partial charge >= 0.3 is 0 Å². The zero-order valence-corrected chi connectivity index (χ0v) is 12.6. The van der Waals surface area contributed by atoms with E-state index in [4.69, 9.17) is 0 Å². The lowest BCUT2D eigenvalue weighted by atomic mass is 10.2. The summed E-state index contributed by atoms with van der Waals surface area (Å²) in [5.74, 6) is 0. The Morgan fingerprint density at radius 3 is 2.95 bits per heavy atom. The molecule has 0 saturated carbocycles. The van der Waals surface area contributed by atoms with Crippen molar-refractivity contribution in [2.45, 2.75) is 19.5 Å². The smallest absolute Gasteiger partial charge is 0.207 e. The molecule has 1 aromatic carbocycles. The fraction of sp³-hybridized carbons (Fsp3) is 0.250.